The number of carbonyl (C=O) groups excluding carboxylic acids is 2. The molecule has 9 heteroatoms. The van der Waals surface area contributed by atoms with Crippen LogP contribution in [0, 0.1) is 0 Å². The Kier molecular flexibility index (Phi) is 6.87. The molecule has 29 heavy (non-hydrogen) atoms. The van der Waals surface area contributed by atoms with Crippen LogP contribution in [-0.4, -0.2) is 30.2 Å². The van der Waals surface area contributed by atoms with E-state index in [-0.39, 0.29) is 17.2 Å². The Bertz CT molecular complexity index is 925. The Morgan fingerprint density at radius 3 is 2.55 bits per heavy atom. The Labute approximate surface area is 164 Å². The molecule has 0 aliphatic rings. The number of hydrogen-bond acceptors (Lipinski definition) is 5. The van der Waals surface area contributed by atoms with E-state index in [1.54, 1.807) is 0 Å². The van der Waals surface area contributed by atoms with E-state index in [2.05, 4.69) is 5.32 Å². The molecule has 0 bridgehead atoms. The van der Waals surface area contributed by atoms with Crippen molar-refractivity contribution >= 4 is 23.6 Å². The largest absolute Gasteiger partial charge is 0.504 e. The maximum atomic E-state index is 12.7. The molecule has 0 fully saturated rings. The van der Waals surface area contributed by atoms with E-state index in [0.29, 0.717) is 5.56 Å². The number of methoxy groups -OCH3 is 1. The van der Waals surface area contributed by atoms with E-state index in [9.17, 15) is 27.9 Å². The number of halogens is 3. The van der Waals surface area contributed by atoms with Crippen LogP contribution in [0.2, 0.25) is 0 Å². The molecule has 2 N–H and O–H groups in total. The van der Waals surface area contributed by atoms with Gasteiger partial charge in [0.15, 0.2) is 17.6 Å². The molecule has 1 atom stereocenters. The summed E-state index contributed by atoms with van der Waals surface area (Å²) in [6.07, 6.45) is -3.32. The number of aromatic hydroxyl groups is 1. The highest BCUT2D eigenvalue weighted by molar-refractivity contribution is 5.96. The molecule has 2 rings (SSSR count). The fraction of sp³-hybridized carbons (Fsp3) is 0.200. The molecule has 0 unspecified atom stereocenters. The third-order valence-electron chi connectivity index (χ3n) is 3.74. The number of carbonyl (C=O) groups is 2. The van der Waals surface area contributed by atoms with Crippen molar-refractivity contribution < 1.29 is 37.3 Å². The van der Waals surface area contributed by atoms with Crippen LogP contribution in [0.25, 0.3) is 6.08 Å². The van der Waals surface area contributed by atoms with Crippen molar-refractivity contribution in [3.05, 3.63) is 59.7 Å². The molecule has 0 aliphatic carbocycles. The number of rotatable bonds is 6. The van der Waals surface area contributed by atoms with E-state index in [1.165, 1.54) is 44.4 Å². The molecular formula is C20H18F3NO5. The lowest BCUT2D eigenvalue weighted by Crippen LogP contribution is -2.29. The second kappa shape index (κ2) is 9.13. The van der Waals surface area contributed by atoms with Crippen LogP contribution >= 0.6 is 0 Å². The van der Waals surface area contributed by atoms with Crippen molar-refractivity contribution in [2.75, 3.05) is 12.4 Å². The summed E-state index contributed by atoms with van der Waals surface area (Å²) in [5.41, 5.74) is -0.440. The first-order chi connectivity index (χ1) is 13.6. The summed E-state index contributed by atoms with van der Waals surface area (Å²) >= 11 is 0. The van der Waals surface area contributed by atoms with Gasteiger partial charge in [-0.2, -0.15) is 13.2 Å². The average molecular weight is 409 g/mol. The van der Waals surface area contributed by atoms with Gasteiger partial charge in [-0.25, -0.2) is 4.79 Å². The summed E-state index contributed by atoms with van der Waals surface area (Å²) in [4.78, 5) is 23.9. The second-order valence-corrected chi connectivity index (χ2v) is 5.91. The predicted molar refractivity (Wildman–Crippen MR) is 99.3 cm³/mol. The topological polar surface area (TPSA) is 84.9 Å². The molecule has 2 aromatic rings. The molecule has 0 aromatic heterocycles. The van der Waals surface area contributed by atoms with Gasteiger partial charge in [0.1, 0.15) is 0 Å². The first kappa shape index (κ1) is 21.8. The zero-order valence-corrected chi connectivity index (χ0v) is 15.5. The number of esters is 1. The first-order valence-electron chi connectivity index (χ1n) is 8.34. The van der Waals surface area contributed by atoms with E-state index in [1.807, 2.05) is 0 Å². The van der Waals surface area contributed by atoms with Gasteiger partial charge < -0.3 is 19.9 Å². The quantitative estimate of drug-likeness (QED) is 0.557. The molecule has 2 aromatic carbocycles. The van der Waals surface area contributed by atoms with Crippen LogP contribution in [0.1, 0.15) is 18.1 Å². The number of amides is 1. The predicted octanol–water partition coefficient (Wildman–Crippen LogP) is 4.00. The van der Waals surface area contributed by atoms with Crippen LogP contribution < -0.4 is 10.1 Å². The molecule has 1 amide bonds. The molecule has 0 radical (unpaired) electrons. The summed E-state index contributed by atoms with van der Waals surface area (Å²) in [5, 5.41) is 11.8. The van der Waals surface area contributed by atoms with Crippen LogP contribution in [0.4, 0.5) is 18.9 Å². The molecular weight excluding hydrogens is 391 g/mol. The Morgan fingerprint density at radius 1 is 1.17 bits per heavy atom. The number of phenols is 1. The normalized spacial score (nSPS) is 12.4. The van der Waals surface area contributed by atoms with Crippen molar-refractivity contribution in [1.82, 2.24) is 0 Å². The van der Waals surface area contributed by atoms with Gasteiger partial charge in [-0.1, -0.05) is 12.1 Å². The van der Waals surface area contributed by atoms with Crippen molar-refractivity contribution in [2.24, 2.45) is 0 Å². The lowest BCUT2D eigenvalue weighted by Gasteiger charge is -2.13. The van der Waals surface area contributed by atoms with Crippen LogP contribution in [0.5, 0.6) is 11.5 Å². The van der Waals surface area contributed by atoms with Crippen molar-refractivity contribution in [3.63, 3.8) is 0 Å². The standard InChI is InChI=1S/C20H18F3NO5/c1-12(19(27)24-15-5-3-4-14(11-15)20(21,22)23)29-18(26)9-7-13-6-8-16(25)17(10-13)28-2/h3-12,25H,1-2H3,(H,24,27)/b9-7+/t12-/m0/s1. The third kappa shape index (κ3) is 6.27. The maximum Gasteiger partial charge on any atom is 0.416 e. The van der Waals surface area contributed by atoms with E-state index >= 15 is 0 Å². The van der Waals surface area contributed by atoms with Crippen molar-refractivity contribution in [1.29, 1.82) is 0 Å². The molecule has 0 aliphatic heterocycles. The lowest BCUT2D eigenvalue weighted by molar-refractivity contribution is -0.148. The van der Waals surface area contributed by atoms with Crippen LogP contribution in [0.3, 0.4) is 0 Å². The zero-order chi connectivity index (χ0) is 21.6. The molecule has 0 spiro atoms. The fourth-order valence-corrected chi connectivity index (χ4v) is 2.25. The van der Waals surface area contributed by atoms with Crippen LogP contribution in [-0.2, 0) is 20.5 Å². The van der Waals surface area contributed by atoms with Gasteiger partial charge in [0.05, 0.1) is 12.7 Å². The molecule has 6 nitrogen and oxygen atoms in total. The lowest BCUT2D eigenvalue weighted by atomic mass is 10.2. The average Bonchev–Trinajstić information content (AvgIpc) is 2.66. The minimum Gasteiger partial charge on any atom is -0.504 e. The smallest absolute Gasteiger partial charge is 0.416 e. The highest BCUT2D eigenvalue weighted by Gasteiger charge is 2.30. The van der Waals surface area contributed by atoms with Gasteiger partial charge in [-0.3, -0.25) is 4.79 Å². The summed E-state index contributed by atoms with van der Waals surface area (Å²) in [5.74, 6) is -1.46. The molecule has 0 heterocycles. The van der Waals surface area contributed by atoms with Gasteiger partial charge in [-0.15, -0.1) is 0 Å². The van der Waals surface area contributed by atoms with Crippen molar-refractivity contribution in [2.45, 2.75) is 19.2 Å². The van der Waals surface area contributed by atoms with Crippen LogP contribution in [0.15, 0.2) is 48.5 Å². The van der Waals surface area contributed by atoms with E-state index in [4.69, 9.17) is 9.47 Å². The Balaban J connectivity index is 1.96. The number of hydrogen-bond donors (Lipinski definition) is 2. The number of ether oxygens (including phenoxy) is 2. The molecule has 0 saturated carbocycles. The number of nitrogens with one attached hydrogen (secondary N) is 1. The minimum absolute atomic E-state index is 0.0629. The zero-order valence-electron chi connectivity index (χ0n) is 15.5. The van der Waals surface area contributed by atoms with E-state index in [0.717, 1.165) is 24.3 Å². The molecule has 154 valence electrons. The summed E-state index contributed by atoms with van der Waals surface area (Å²) < 4.78 is 48.1. The summed E-state index contributed by atoms with van der Waals surface area (Å²) in [6.45, 7) is 1.29. The van der Waals surface area contributed by atoms with Gasteiger partial charge in [0.2, 0.25) is 0 Å². The van der Waals surface area contributed by atoms with Gasteiger partial charge in [0.25, 0.3) is 5.91 Å². The number of benzene rings is 2. The number of phenolic OH excluding ortho intramolecular Hbond substituents is 1. The second-order valence-electron chi connectivity index (χ2n) is 5.91. The Hall–Kier alpha value is -3.49. The summed E-state index contributed by atoms with van der Waals surface area (Å²) in [6, 6.07) is 8.51. The highest BCUT2D eigenvalue weighted by Crippen LogP contribution is 2.30. The van der Waals surface area contributed by atoms with E-state index < -0.39 is 29.7 Å². The first-order valence-corrected chi connectivity index (χ1v) is 8.34. The van der Waals surface area contributed by atoms with Crippen molar-refractivity contribution in [3.8, 4) is 11.5 Å². The summed E-state index contributed by atoms with van der Waals surface area (Å²) in [7, 11) is 1.38. The number of anilines is 1. The number of alkyl halides is 3. The minimum atomic E-state index is -4.54. The monoisotopic (exact) mass is 409 g/mol. The van der Waals surface area contributed by atoms with Gasteiger partial charge in [0, 0.05) is 11.8 Å². The SMILES string of the molecule is COc1cc(/C=C/C(=O)O[C@@H](C)C(=O)Nc2cccc(C(F)(F)F)c2)ccc1O. The maximum absolute atomic E-state index is 12.7. The van der Waals surface area contributed by atoms with Gasteiger partial charge in [-0.05, 0) is 48.9 Å². The Morgan fingerprint density at radius 2 is 1.90 bits per heavy atom. The van der Waals surface area contributed by atoms with Gasteiger partial charge >= 0.3 is 12.1 Å². The highest BCUT2D eigenvalue weighted by atomic mass is 19.4. The fourth-order valence-electron chi connectivity index (χ4n) is 2.25. The third-order valence-corrected chi connectivity index (χ3v) is 3.74. The molecule has 0 saturated heterocycles.